The number of ether oxygens (including phenoxy) is 2. The minimum atomic E-state index is -0.423. The van der Waals surface area contributed by atoms with Crippen molar-refractivity contribution in [3.8, 4) is 5.75 Å². The number of nitrogens with one attached hydrogen (secondary N) is 2. The van der Waals surface area contributed by atoms with Crippen molar-refractivity contribution < 1.29 is 14.3 Å². The molecule has 0 saturated carbocycles. The van der Waals surface area contributed by atoms with E-state index >= 15 is 0 Å². The van der Waals surface area contributed by atoms with Gasteiger partial charge in [0.1, 0.15) is 18.5 Å². The van der Waals surface area contributed by atoms with E-state index in [1.165, 1.54) is 0 Å². The molecule has 3 rings (SSSR count). The van der Waals surface area contributed by atoms with Gasteiger partial charge >= 0.3 is 0 Å². The topological polar surface area (TPSA) is 66.1 Å². The van der Waals surface area contributed by atoms with E-state index in [2.05, 4.69) is 27.5 Å². The molecule has 0 spiro atoms. The van der Waals surface area contributed by atoms with Crippen LogP contribution in [-0.2, 0) is 9.53 Å². The predicted octanol–water partition coefficient (Wildman–Crippen LogP) is 0.240. The highest BCUT2D eigenvalue weighted by molar-refractivity contribution is 5.94. The molecule has 1 amide bonds. The molecule has 0 aromatic heterocycles. The predicted molar refractivity (Wildman–Crippen MR) is 97.1 cm³/mol. The van der Waals surface area contributed by atoms with Crippen LogP contribution < -0.4 is 15.4 Å². The SMILES string of the molecule is CN1CCN(CCOc2ccc(NC(=O)C3CNCCO3)cc2)CC1. The first-order valence-electron chi connectivity index (χ1n) is 8.98. The Morgan fingerprint density at radius 1 is 1.28 bits per heavy atom. The minimum absolute atomic E-state index is 0.115. The second-order valence-corrected chi connectivity index (χ2v) is 6.57. The maximum atomic E-state index is 12.1. The Kier molecular flexibility index (Phi) is 6.63. The number of carbonyl (C=O) groups is 1. The molecule has 2 aliphatic heterocycles. The number of rotatable bonds is 6. The summed E-state index contributed by atoms with van der Waals surface area (Å²) in [5.41, 5.74) is 0.755. The van der Waals surface area contributed by atoms with Crippen LogP contribution in [0.1, 0.15) is 0 Å². The van der Waals surface area contributed by atoms with E-state index in [-0.39, 0.29) is 5.91 Å². The van der Waals surface area contributed by atoms with Gasteiger partial charge in [0.15, 0.2) is 0 Å². The van der Waals surface area contributed by atoms with Crippen LogP contribution in [0.3, 0.4) is 0 Å². The molecule has 2 aliphatic rings. The van der Waals surface area contributed by atoms with Crippen molar-refractivity contribution >= 4 is 11.6 Å². The van der Waals surface area contributed by atoms with E-state index in [0.717, 1.165) is 50.7 Å². The van der Waals surface area contributed by atoms with Crippen molar-refractivity contribution in [1.29, 1.82) is 0 Å². The lowest BCUT2D eigenvalue weighted by molar-refractivity contribution is -0.128. The zero-order valence-corrected chi connectivity index (χ0v) is 14.9. The lowest BCUT2D eigenvalue weighted by Gasteiger charge is -2.32. The third kappa shape index (κ3) is 5.67. The summed E-state index contributed by atoms with van der Waals surface area (Å²) in [5, 5.41) is 6.03. The fraction of sp³-hybridized carbons (Fsp3) is 0.611. The van der Waals surface area contributed by atoms with Gasteiger partial charge in [-0.25, -0.2) is 0 Å². The van der Waals surface area contributed by atoms with Crippen LogP contribution >= 0.6 is 0 Å². The Morgan fingerprint density at radius 3 is 2.72 bits per heavy atom. The van der Waals surface area contributed by atoms with Crippen LogP contribution in [0.25, 0.3) is 0 Å². The summed E-state index contributed by atoms with van der Waals surface area (Å²) in [5.74, 6) is 0.707. The number of benzene rings is 1. The van der Waals surface area contributed by atoms with Gasteiger partial charge in [0.25, 0.3) is 5.91 Å². The number of likely N-dealkylation sites (N-methyl/N-ethyl adjacent to an activating group) is 1. The lowest BCUT2D eigenvalue weighted by Crippen LogP contribution is -2.45. The molecule has 2 heterocycles. The fourth-order valence-corrected chi connectivity index (χ4v) is 2.96. The number of morpholine rings is 1. The standard InChI is InChI=1S/C18H28N4O3/c1-21-7-9-22(10-8-21)11-13-24-16-4-2-15(3-5-16)20-18(23)17-14-19-6-12-25-17/h2-5,17,19H,6-14H2,1H3,(H,20,23). The van der Waals surface area contributed by atoms with E-state index in [9.17, 15) is 4.79 Å². The molecule has 1 unspecified atom stereocenters. The van der Waals surface area contributed by atoms with E-state index < -0.39 is 6.10 Å². The summed E-state index contributed by atoms with van der Waals surface area (Å²) in [4.78, 5) is 16.9. The van der Waals surface area contributed by atoms with Crippen LogP contribution in [0, 0.1) is 0 Å². The van der Waals surface area contributed by atoms with E-state index in [1.807, 2.05) is 24.3 Å². The maximum Gasteiger partial charge on any atom is 0.254 e. The van der Waals surface area contributed by atoms with Gasteiger partial charge in [-0.05, 0) is 31.3 Å². The molecule has 1 aromatic rings. The number of piperazine rings is 1. The van der Waals surface area contributed by atoms with Gasteiger partial charge in [-0.1, -0.05) is 0 Å². The number of hydrogen-bond donors (Lipinski definition) is 2. The normalized spacial score (nSPS) is 22.5. The summed E-state index contributed by atoms with van der Waals surface area (Å²) >= 11 is 0. The first-order chi connectivity index (χ1) is 12.2. The molecular formula is C18H28N4O3. The molecule has 0 radical (unpaired) electrons. The molecule has 2 fully saturated rings. The van der Waals surface area contributed by atoms with Crippen molar-refractivity contribution in [2.75, 3.05) is 71.4 Å². The summed E-state index contributed by atoms with van der Waals surface area (Å²) < 4.78 is 11.3. The highest BCUT2D eigenvalue weighted by atomic mass is 16.5. The summed E-state index contributed by atoms with van der Waals surface area (Å²) in [6.45, 7) is 7.98. The molecule has 1 atom stereocenters. The molecule has 2 N–H and O–H groups in total. The van der Waals surface area contributed by atoms with Crippen LogP contribution in [0.4, 0.5) is 5.69 Å². The van der Waals surface area contributed by atoms with Crippen LogP contribution in [0.2, 0.25) is 0 Å². The van der Waals surface area contributed by atoms with Gasteiger partial charge in [0, 0.05) is 51.5 Å². The average Bonchev–Trinajstić information content (AvgIpc) is 2.65. The number of amides is 1. The second-order valence-electron chi connectivity index (χ2n) is 6.57. The van der Waals surface area contributed by atoms with Crippen molar-refractivity contribution in [2.24, 2.45) is 0 Å². The number of carbonyl (C=O) groups excluding carboxylic acids is 1. The first-order valence-corrected chi connectivity index (χ1v) is 8.98. The van der Waals surface area contributed by atoms with Gasteiger partial charge in [-0.2, -0.15) is 0 Å². The summed E-state index contributed by atoms with van der Waals surface area (Å²) in [6, 6.07) is 7.50. The molecule has 2 saturated heterocycles. The van der Waals surface area contributed by atoms with Crippen LogP contribution in [-0.4, -0.2) is 87.9 Å². The molecule has 25 heavy (non-hydrogen) atoms. The maximum absolute atomic E-state index is 12.1. The fourth-order valence-electron chi connectivity index (χ4n) is 2.96. The highest BCUT2D eigenvalue weighted by Gasteiger charge is 2.21. The molecule has 0 aliphatic carbocycles. The Bertz CT molecular complexity index is 538. The Morgan fingerprint density at radius 2 is 2.04 bits per heavy atom. The van der Waals surface area contributed by atoms with Crippen LogP contribution in [0.5, 0.6) is 5.75 Å². The third-order valence-electron chi connectivity index (χ3n) is 4.61. The first kappa shape index (κ1) is 18.1. The Balaban J connectivity index is 1.38. The average molecular weight is 348 g/mol. The summed E-state index contributed by atoms with van der Waals surface area (Å²) in [6.07, 6.45) is -0.423. The Labute approximate surface area is 149 Å². The number of nitrogens with zero attached hydrogens (tertiary/aromatic N) is 2. The third-order valence-corrected chi connectivity index (χ3v) is 4.61. The van der Waals surface area contributed by atoms with Crippen molar-refractivity contribution in [1.82, 2.24) is 15.1 Å². The van der Waals surface area contributed by atoms with Crippen LogP contribution in [0.15, 0.2) is 24.3 Å². The van der Waals surface area contributed by atoms with Gasteiger partial charge in [-0.15, -0.1) is 0 Å². The largest absolute Gasteiger partial charge is 0.492 e. The number of anilines is 1. The van der Waals surface area contributed by atoms with Crippen molar-refractivity contribution in [2.45, 2.75) is 6.10 Å². The molecule has 138 valence electrons. The summed E-state index contributed by atoms with van der Waals surface area (Å²) in [7, 11) is 2.16. The second kappa shape index (κ2) is 9.15. The molecule has 0 bridgehead atoms. The molecule has 7 heteroatoms. The molecule has 1 aromatic carbocycles. The minimum Gasteiger partial charge on any atom is -0.492 e. The monoisotopic (exact) mass is 348 g/mol. The highest BCUT2D eigenvalue weighted by Crippen LogP contribution is 2.16. The van der Waals surface area contributed by atoms with E-state index in [0.29, 0.717) is 19.8 Å². The smallest absolute Gasteiger partial charge is 0.254 e. The van der Waals surface area contributed by atoms with Gasteiger partial charge in [0.2, 0.25) is 0 Å². The number of hydrogen-bond acceptors (Lipinski definition) is 6. The van der Waals surface area contributed by atoms with Gasteiger partial charge < -0.3 is 25.0 Å². The lowest BCUT2D eigenvalue weighted by atomic mass is 10.2. The van der Waals surface area contributed by atoms with E-state index in [4.69, 9.17) is 9.47 Å². The quantitative estimate of drug-likeness (QED) is 0.768. The Hall–Kier alpha value is -1.67. The molecule has 7 nitrogen and oxygen atoms in total. The van der Waals surface area contributed by atoms with Crippen molar-refractivity contribution in [3.63, 3.8) is 0 Å². The van der Waals surface area contributed by atoms with Gasteiger partial charge in [0.05, 0.1) is 6.61 Å². The zero-order valence-electron chi connectivity index (χ0n) is 14.9. The zero-order chi connectivity index (χ0) is 17.5. The van der Waals surface area contributed by atoms with E-state index in [1.54, 1.807) is 0 Å². The molecular weight excluding hydrogens is 320 g/mol. The van der Waals surface area contributed by atoms with Crippen molar-refractivity contribution in [3.05, 3.63) is 24.3 Å². The van der Waals surface area contributed by atoms with Gasteiger partial charge in [-0.3, -0.25) is 9.69 Å².